The summed E-state index contributed by atoms with van der Waals surface area (Å²) in [6.07, 6.45) is -4.15. The van der Waals surface area contributed by atoms with Gasteiger partial charge in [0, 0.05) is 12.0 Å². The van der Waals surface area contributed by atoms with Gasteiger partial charge in [-0.2, -0.15) is 13.2 Å². The monoisotopic (exact) mass is 364 g/mol. The molecule has 2 N–H and O–H groups in total. The van der Waals surface area contributed by atoms with E-state index >= 15 is 0 Å². The standard InChI is InChI=1S/C14H15F3N2O4S/c15-14(16,17)11-3-1-10(2-4-11)13(21)19-18-12(20)7-9-5-6-24(22,23)8-9/h1-4,9H,5-8H2,(H,18,20)(H,19,21)/t9-/m0/s1. The molecule has 0 aliphatic carbocycles. The first-order chi connectivity index (χ1) is 11.1. The van der Waals surface area contributed by atoms with Crippen molar-refractivity contribution in [3.8, 4) is 0 Å². The molecule has 1 aromatic rings. The van der Waals surface area contributed by atoms with Crippen molar-refractivity contribution in [3.05, 3.63) is 35.4 Å². The van der Waals surface area contributed by atoms with Gasteiger partial charge in [-0.3, -0.25) is 20.4 Å². The zero-order chi connectivity index (χ0) is 18.0. The van der Waals surface area contributed by atoms with E-state index < -0.39 is 33.4 Å². The van der Waals surface area contributed by atoms with Crippen molar-refractivity contribution in [1.29, 1.82) is 0 Å². The minimum absolute atomic E-state index is 0.0445. The second-order valence-corrected chi connectivity index (χ2v) is 7.78. The number of amides is 2. The van der Waals surface area contributed by atoms with E-state index in [1.165, 1.54) is 0 Å². The molecule has 1 saturated heterocycles. The molecule has 1 aliphatic rings. The molecule has 0 bridgehead atoms. The minimum atomic E-state index is -4.50. The lowest BCUT2D eigenvalue weighted by molar-refractivity contribution is -0.137. The SMILES string of the molecule is O=C(C[C@@H]1CCS(=O)(=O)C1)NNC(=O)c1ccc(C(F)(F)F)cc1. The van der Waals surface area contributed by atoms with Gasteiger partial charge in [0.1, 0.15) is 0 Å². The summed E-state index contributed by atoms with van der Waals surface area (Å²) in [5.41, 5.74) is 3.27. The number of halogens is 3. The maximum atomic E-state index is 12.4. The number of benzene rings is 1. The Hall–Kier alpha value is -2.10. The largest absolute Gasteiger partial charge is 0.416 e. The Bertz CT molecular complexity index is 729. The Kier molecular flexibility index (Phi) is 5.16. The van der Waals surface area contributed by atoms with Crippen LogP contribution in [0.4, 0.5) is 13.2 Å². The highest BCUT2D eigenvalue weighted by atomic mass is 32.2. The predicted octanol–water partition coefficient (Wildman–Crippen LogP) is 1.29. The fraction of sp³-hybridized carbons (Fsp3) is 0.429. The van der Waals surface area contributed by atoms with Crippen molar-refractivity contribution < 1.29 is 31.2 Å². The average Bonchev–Trinajstić information content (AvgIpc) is 2.83. The Balaban J connectivity index is 1.83. The molecule has 2 rings (SSSR count). The highest BCUT2D eigenvalue weighted by Gasteiger charge is 2.31. The van der Waals surface area contributed by atoms with Crippen molar-refractivity contribution in [3.63, 3.8) is 0 Å². The molecule has 1 aliphatic heterocycles. The van der Waals surface area contributed by atoms with Crippen LogP contribution in [0.15, 0.2) is 24.3 Å². The summed E-state index contributed by atoms with van der Waals surface area (Å²) in [4.78, 5) is 23.4. The van der Waals surface area contributed by atoms with Gasteiger partial charge in [0.2, 0.25) is 5.91 Å². The summed E-state index contributed by atoms with van der Waals surface area (Å²) in [6, 6.07) is 3.52. The lowest BCUT2D eigenvalue weighted by Crippen LogP contribution is -2.42. The Morgan fingerprint density at radius 3 is 2.25 bits per heavy atom. The van der Waals surface area contributed by atoms with Gasteiger partial charge in [-0.15, -0.1) is 0 Å². The first-order valence-electron chi connectivity index (χ1n) is 7.04. The van der Waals surface area contributed by atoms with E-state index in [2.05, 4.69) is 10.9 Å². The third-order valence-corrected chi connectivity index (χ3v) is 5.43. The lowest BCUT2D eigenvalue weighted by Gasteiger charge is -2.11. The van der Waals surface area contributed by atoms with Crippen LogP contribution in [-0.4, -0.2) is 31.7 Å². The molecule has 24 heavy (non-hydrogen) atoms. The molecular formula is C14H15F3N2O4S. The molecule has 0 aromatic heterocycles. The second-order valence-electron chi connectivity index (χ2n) is 5.55. The molecular weight excluding hydrogens is 349 g/mol. The van der Waals surface area contributed by atoms with E-state index in [1.807, 2.05) is 0 Å². The molecule has 1 aromatic carbocycles. The number of alkyl halides is 3. The number of carbonyl (C=O) groups excluding carboxylic acids is 2. The predicted molar refractivity (Wildman–Crippen MR) is 78.4 cm³/mol. The number of hydrogen-bond acceptors (Lipinski definition) is 4. The van der Waals surface area contributed by atoms with Crippen molar-refractivity contribution in [2.45, 2.75) is 19.0 Å². The van der Waals surface area contributed by atoms with Gasteiger partial charge < -0.3 is 0 Å². The van der Waals surface area contributed by atoms with E-state index in [4.69, 9.17) is 0 Å². The number of sulfone groups is 1. The molecule has 0 unspecified atom stereocenters. The van der Waals surface area contributed by atoms with Crippen LogP contribution in [0.5, 0.6) is 0 Å². The molecule has 0 saturated carbocycles. The Morgan fingerprint density at radius 1 is 1.12 bits per heavy atom. The van der Waals surface area contributed by atoms with Crippen molar-refractivity contribution in [2.75, 3.05) is 11.5 Å². The van der Waals surface area contributed by atoms with Crippen LogP contribution in [0, 0.1) is 5.92 Å². The molecule has 2 amide bonds. The summed E-state index contributed by atoms with van der Waals surface area (Å²) >= 11 is 0. The minimum Gasteiger partial charge on any atom is -0.273 e. The van der Waals surface area contributed by atoms with E-state index in [0.29, 0.717) is 6.42 Å². The fourth-order valence-electron chi connectivity index (χ4n) is 2.36. The number of nitrogens with one attached hydrogen (secondary N) is 2. The molecule has 1 atom stereocenters. The van der Waals surface area contributed by atoms with Crippen LogP contribution in [0.1, 0.15) is 28.8 Å². The van der Waals surface area contributed by atoms with Gasteiger partial charge in [-0.05, 0) is 36.6 Å². The summed E-state index contributed by atoms with van der Waals surface area (Å²) in [6.45, 7) is 0. The van der Waals surface area contributed by atoms with Crippen molar-refractivity contribution >= 4 is 21.7 Å². The number of rotatable bonds is 3. The molecule has 1 fully saturated rings. The number of hydrazine groups is 1. The fourth-order valence-corrected chi connectivity index (χ4v) is 4.22. The summed E-state index contributed by atoms with van der Waals surface area (Å²) < 4.78 is 59.8. The summed E-state index contributed by atoms with van der Waals surface area (Å²) in [5, 5.41) is 0. The molecule has 6 nitrogen and oxygen atoms in total. The van der Waals surface area contributed by atoms with Gasteiger partial charge in [-0.25, -0.2) is 8.42 Å². The van der Waals surface area contributed by atoms with Gasteiger partial charge in [0.15, 0.2) is 9.84 Å². The van der Waals surface area contributed by atoms with Crippen LogP contribution in [0.3, 0.4) is 0 Å². The van der Waals surface area contributed by atoms with Crippen LogP contribution in [0.2, 0.25) is 0 Å². The zero-order valence-electron chi connectivity index (χ0n) is 12.4. The van der Waals surface area contributed by atoms with E-state index in [-0.39, 0.29) is 29.4 Å². The number of carbonyl (C=O) groups is 2. The first kappa shape index (κ1) is 18.2. The first-order valence-corrected chi connectivity index (χ1v) is 8.86. The van der Waals surface area contributed by atoms with E-state index in [9.17, 15) is 31.2 Å². The molecule has 0 spiro atoms. The van der Waals surface area contributed by atoms with Crippen LogP contribution < -0.4 is 10.9 Å². The van der Waals surface area contributed by atoms with Crippen LogP contribution in [-0.2, 0) is 20.8 Å². The number of hydrogen-bond donors (Lipinski definition) is 2. The van der Waals surface area contributed by atoms with Crippen LogP contribution >= 0.6 is 0 Å². The molecule has 0 radical (unpaired) electrons. The van der Waals surface area contributed by atoms with Gasteiger partial charge in [0.25, 0.3) is 5.91 Å². The molecule has 132 valence electrons. The van der Waals surface area contributed by atoms with Gasteiger partial charge >= 0.3 is 6.18 Å². The second kappa shape index (κ2) is 6.80. The van der Waals surface area contributed by atoms with Crippen molar-refractivity contribution in [2.24, 2.45) is 5.92 Å². The van der Waals surface area contributed by atoms with Gasteiger partial charge in [-0.1, -0.05) is 0 Å². The van der Waals surface area contributed by atoms with Gasteiger partial charge in [0.05, 0.1) is 17.1 Å². The summed E-state index contributed by atoms with van der Waals surface area (Å²) in [7, 11) is -3.09. The smallest absolute Gasteiger partial charge is 0.273 e. The average molecular weight is 364 g/mol. The van der Waals surface area contributed by atoms with E-state index in [1.54, 1.807) is 0 Å². The topological polar surface area (TPSA) is 92.3 Å². The Labute approximate surface area is 136 Å². The molecule has 10 heteroatoms. The Morgan fingerprint density at radius 2 is 1.75 bits per heavy atom. The molecule has 1 heterocycles. The van der Waals surface area contributed by atoms with Crippen LogP contribution in [0.25, 0.3) is 0 Å². The highest BCUT2D eigenvalue weighted by molar-refractivity contribution is 7.91. The third-order valence-electron chi connectivity index (χ3n) is 3.59. The quantitative estimate of drug-likeness (QED) is 0.791. The highest BCUT2D eigenvalue weighted by Crippen LogP contribution is 2.29. The third kappa shape index (κ3) is 4.95. The summed E-state index contributed by atoms with van der Waals surface area (Å²) in [5.74, 6) is -1.64. The van der Waals surface area contributed by atoms with Crippen molar-refractivity contribution in [1.82, 2.24) is 10.9 Å². The maximum absolute atomic E-state index is 12.4. The van der Waals surface area contributed by atoms with E-state index in [0.717, 1.165) is 24.3 Å². The maximum Gasteiger partial charge on any atom is 0.416 e. The lowest BCUT2D eigenvalue weighted by atomic mass is 10.1. The normalized spacial score (nSPS) is 19.7. The zero-order valence-corrected chi connectivity index (χ0v) is 13.2.